The van der Waals surface area contributed by atoms with Crippen LogP contribution in [0.3, 0.4) is 0 Å². The van der Waals surface area contributed by atoms with Gasteiger partial charge in [0.25, 0.3) is 0 Å². The summed E-state index contributed by atoms with van der Waals surface area (Å²) in [6.45, 7) is 0. The highest BCUT2D eigenvalue weighted by molar-refractivity contribution is 7.98. The molecule has 0 aliphatic heterocycles. The summed E-state index contributed by atoms with van der Waals surface area (Å²) in [4.78, 5) is 0. The first-order valence-electron chi connectivity index (χ1n) is 6.49. The fraction of sp³-hybridized carbons (Fsp3) is 0.0667. The highest BCUT2D eigenvalue weighted by Crippen LogP contribution is 2.32. The van der Waals surface area contributed by atoms with Crippen molar-refractivity contribution >= 4 is 50.4 Å². The summed E-state index contributed by atoms with van der Waals surface area (Å²) in [5.74, 6) is 0.291. The molecule has 0 N–H and O–H groups in total. The third-order valence-electron chi connectivity index (χ3n) is 3.37. The molecule has 0 unspecified atom stereocenters. The Balaban J connectivity index is 1.69. The molecular weight excluding hydrogens is 341 g/mol. The zero-order valence-electron chi connectivity index (χ0n) is 11.2. The summed E-state index contributed by atoms with van der Waals surface area (Å²) < 4.78 is 16.3. The van der Waals surface area contributed by atoms with Crippen LogP contribution in [0.25, 0.3) is 15.7 Å². The van der Waals surface area contributed by atoms with Gasteiger partial charge in [-0.25, -0.2) is 4.39 Å². The number of hydrogen-bond donors (Lipinski definition) is 0. The molecule has 0 saturated carbocycles. The highest BCUT2D eigenvalue weighted by atomic mass is 35.5. The average Bonchev–Trinajstić information content (AvgIpc) is 3.07. The van der Waals surface area contributed by atoms with Crippen LogP contribution in [0.15, 0.2) is 47.1 Å². The van der Waals surface area contributed by atoms with E-state index in [9.17, 15) is 4.39 Å². The maximum absolute atomic E-state index is 13.1. The second-order valence-corrected chi connectivity index (χ2v) is 7.05. The first-order chi connectivity index (χ1) is 10.7. The fourth-order valence-electron chi connectivity index (χ4n) is 2.30. The number of halogens is 2. The van der Waals surface area contributed by atoms with E-state index in [-0.39, 0.29) is 5.82 Å². The smallest absolute Gasteiger partial charge is 0.143 e. The highest BCUT2D eigenvalue weighted by Gasteiger charge is 2.11. The van der Waals surface area contributed by atoms with Crippen LogP contribution in [-0.2, 0) is 5.75 Å². The molecule has 0 radical (unpaired) electrons. The molecule has 4 rings (SSSR count). The van der Waals surface area contributed by atoms with Crippen LogP contribution < -0.4 is 0 Å². The van der Waals surface area contributed by atoms with Gasteiger partial charge in [-0.2, -0.15) is 0 Å². The molecule has 0 spiro atoms. The van der Waals surface area contributed by atoms with E-state index in [4.69, 9.17) is 11.6 Å². The number of benzene rings is 1. The largest absolute Gasteiger partial charge is 0.295 e. The molecule has 0 fully saturated rings. The van der Waals surface area contributed by atoms with Gasteiger partial charge in [-0.05, 0) is 35.2 Å². The normalized spacial score (nSPS) is 11.5. The van der Waals surface area contributed by atoms with Gasteiger partial charge >= 0.3 is 0 Å². The van der Waals surface area contributed by atoms with Gasteiger partial charge in [0.2, 0.25) is 0 Å². The van der Waals surface area contributed by atoms with E-state index in [1.165, 1.54) is 16.8 Å². The molecule has 1 aromatic carbocycles. The summed E-state index contributed by atoms with van der Waals surface area (Å²) >= 11 is 9.30. The van der Waals surface area contributed by atoms with Crippen LogP contribution >= 0.6 is 34.7 Å². The van der Waals surface area contributed by atoms with Gasteiger partial charge < -0.3 is 0 Å². The van der Waals surface area contributed by atoms with Gasteiger partial charge in [-0.1, -0.05) is 29.4 Å². The van der Waals surface area contributed by atoms with Gasteiger partial charge in [-0.15, -0.1) is 21.5 Å². The van der Waals surface area contributed by atoms with E-state index in [0.717, 1.165) is 21.6 Å². The lowest BCUT2D eigenvalue weighted by Crippen LogP contribution is -1.94. The topological polar surface area (TPSA) is 30.2 Å². The Kier molecular flexibility index (Phi) is 3.52. The van der Waals surface area contributed by atoms with Crippen LogP contribution in [0.5, 0.6) is 0 Å². The number of rotatable bonds is 3. The molecule has 0 saturated heterocycles. The number of thioether (sulfide) groups is 1. The Morgan fingerprint density at radius 1 is 1.23 bits per heavy atom. The van der Waals surface area contributed by atoms with E-state index in [1.807, 2.05) is 4.40 Å². The predicted molar refractivity (Wildman–Crippen MR) is 89.3 cm³/mol. The molecular formula is C15H9ClFN3S2. The van der Waals surface area contributed by atoms with Gasteiger partial charge in [0.1, 0.15) is 17.2 Å². The monoisotopic (exact) mass is 349 g/mol. The number of fused-ring (bicyclic) bond motifs is 3. The van der Waals surface area contributed by atoms with Crippen molar-refractivity contribution < 1.29 is 4.39 Å². The van der Waals surface area contributed by atoms with E-state index < -0.39 is 0 Å². The summed E-state index contributed by atoms with van der Waals surface area (Å²) in [6.07, 6.45) is 1.72. The SMILES string of the molecule is Fc1ccc(CSc2nncn3c2cc2sccc23)c(Cl)c1. The Hall–Kier alpha value is -1.63. The summed E-state index contributed by atoms with van der Waals surface area (Å²) in [6, 6.07) is 8.64. The Labute approximate surface area is 138 Å². The van der Waals surface area contributed by atoms with Crippen LogP contribution in [0.1, 0.15) is 5.56 Å². The Bertz CT molecular complexity index is 979. The summed E-state index contributed by atoms with van der Waals surface area (Å²) in [5, 5.41) is 11.6. The van der Waals surface area contributed by atoms with Crippen molar-refractivity contribution in [2.45, 2.75) is 10.8 Å². The molecule has 110 valence electrons. The molecule has 3 heterocycles. The summed E-state index contributed by atoms with van der Waals surface area (Å²) in [7, 11) is 0. The molecule has 3 aromatic heterocycles. The number of aromatic nitrogens is 3. The zero-order valence-corrected chi connectivity index (χ0v) is 13.6. The van der Waals surface area contributed by atoms with Crippen LogP contribution in [0.4, 0.5) is 4.39 Å². The second-order valence-electron chi connectivity index (χ2n) is 4.73. The van der Waals surface area contributed by atoms with Gasteiger partial charge in [0.05, 0.1) is 15.7 Å². The molecule has 0 aliphatic rings. The van der Waals surface area contributed by atoms with Gasteiger partial charge in [0, 0.05) is 10.8 Å². The van der Waals surface area contributed by atoms with Crippen molar-refractivity contribution in [2.24, 2.45) is 0 Å². The molecule has 0 bridgehead atoms. The minimum atomic E-state index is -0.326. The number of hydrogen-bond acceptors (Lipinski definition) is 4. The minimum absolute atomic E-state index is 0.326. The fourth-order valence-corrected chi connectivity index (χ4v) is 4.38. The number of nitrogens with zero attached hydrogens (tertiary/aromatic N) is 3. The molecule has 0 amide bonds. The lowest BCUT2D eigenvalue weighted by molar-refractivity contribution is 0.627. The standard InChI is InChI=1S/C15H9ClFN3S2/c16-11-5-10(17)2-1-9(11)7-22-15-13-6-14-12(3-4-21-14)20(13)8-18-19-15/h1-6,8H,7H2. The van der Waals surface area contributed by atoms with E-state index in [2.05, 4.69) is 27.7 Å². The molecule has 0 atom stereocenters. The van der Waals surface area contributed by atoms with Crippen molar-refractivity contribution in [3.63, 3.8) is 0 Å². The van der Waals surface area contributed by atoms with Crippen molar-refractivity contribution in [2.75, 3.05) is 0 Å². The second kappa shape index (κ2) is 5.53. The lowest BCUT2D eigenvalue weighted by Gasteiger charge is -2.05. The average molecular weight is 350 g/mol. The van der Waals surface area contributed by atoms with Crippen LogP contribution in [0.2, 0.25) is 5.02 Å². The van der Waals surface area contributed by atoms with Crippen LogP contribution in [-0.4, -0.2) is 14.6 Å². The predicted octanol–water partition coefficient (Wildman–Crippen LogP) is 5.03. The zero-order chi connectivity index (χ0) is 15.1. The lowest BCUT2D eigenvalue weighted by atomic mass is 10.2. The van der Waals surface area contributed by atoms with E-state index in [0.29, 0.717) is 10.8 Å². The van der Waals surface area contributed by atoms with Crippen LogP contribution in [0, 0.1) is 5.82 Å². The quantitative estimate of drug-likeness (QED) is 0.486. The maximum Gasteiger partial charge on any atom is 0.143 e. The molecule has 4 aromatic rings. The van der Waals surface area contributed by atoms with Crippen molar-refractivity contribution in [3.05, 3.63) is 58.4 Å². The molecule has 7 heteroatoms. The Morgan fingerprint density at radius 2 is 2.14 bits per heavy atom. The van der Waals surface area contributed by atoms with E-state index >= 15 is 0 Å². The maximum atomic E-state index is 13.1. The van der Waals surface area contributed by atoms with Crippen molar-refractivity contribution in [3.8, 4) is 0 Å². The molecule has 0 aliphatic carbocycles. The van der Waals surface area contributed by atoms with Gasteiger partial charge in [0.15, 0.2) is 0 Å². The first kappa shape index (κ1) is 14.0. The first-order valence-corrected chi connectivity index (χ1v) is 8.73. The minimum Gasteiger partial charge on any atom is -0.295 e. The summed E-state index contributed by atoms with van der Waals surface area (Å²) in [5.41, 5.74) is 3.04. The molecule has 3 nitrogen and oxygen atoms in total. The van der Waals surface area contributed by atoms with E-state index in [1.54, 1.807) is 35.5 Å². The number of thiophene rings is 1. The van der Waals surface area contributed by atoms with Crippen molar-refractivity contribution in [1.29, 1.82) is 0 Å². The molecule has 22 heavy (non-hydrogen) atoms. The Morgan fingerprint density at radius 3 is 3.00 bits per heavy atom. The third kappa shape index (κ3) is 2.37. The third-order valence-corrected chi connectivity index (χ3v) is 5.60. The van der Waals surface area contributed by atoms with Gasteiger partial charge in [-0.3, -0.25) is 4.40 Å². The van der Waals surface area contributed by atoms with Crippen molar-refractivity contribution in [1.82, 2.24) is 14.6 Å².